The molecule has 144 valence electrons. The average Bonchev–Trinajstić information content (AvgIpc) is 3.42. The van der Waals surface area contributed by atoms with Crippen LogP contribution in [-0.4, -0.2) is 39.8 Å². The van der Waals surface area contributed by atoms with Crippen LogP contribution in [0.2, 0.25) is 0 Å². The predicted molar refractivity (Wildman–Crippen MR) is 108 cm³/mol. The smallest absolute Gasteiger partial charge is 0.216 e. The Kier molecular flexibility index (Phi) is 3.68. The first kappa shape index (κ1) is 16.2. The van der Waals surface area contributed by atoms with E-state index in [1.54, 1.807) is 6.26 Å². The van der Waals surface area contributed by atoms with Crippen molar-refractivity contribution in [2.45, 2.75) is 44.3 Å². The molecule has 1 fully saturated rings. The number of hydrogen-bond donors (Lipinski definition) is 1. The Balaban J connectivity index is 1.44. The zero-order valence-electron chi connectivity index (χ0n) is 15.8. The molecule has 3 aliphatic rings. The highest BCUT2D eigenvalue weighted by molar-refractivity contribution is 5.98. The molecule has 0 saturated heterocycles. The predicted octanol–water partition coefficient (Wildman–Crippen LogP) is 3.51. The summed E-state index contributed by atoms with van der Waals surface area (Å²) in [5.41, 5.74) is 2.09. The summed E-state index contributed by atoms with van der Waals surface area (Å²) in [4.78, 5) is 14.6. The van der Waals surface area contributed by atoms with E-state index in [-0.39, 0.29) is 6.17 Å². The average molecular weight is 376 g/mol. The van der Waals surface area contributed by atoms with Crippen molar-refractivity contribution < 1.29 is 4.42 Å². The van der Waals surface area contributed by atoms with E-state index >= 15 is 0 Å². The fourth-order valence-corrected chi connectivity index (χ4v) is 4.80. The monoisotopic (exact) mass is 376 g/mol. The summed E-state index contributed by atoms with van der Waals surface area (Å²) in [5, 5.41) is 3.59. The Hall–Kier alpha value is -2.80. The van der Waals surface area contributed by atoms with E-state index < -0.39 is 0 Å². The molecule has 1 aromatic carbocycles. The number of para-hydroxylation sites is 2. The van der Waals surface area contributed by atoms with Gasteiger partial charge in [0, 0.05) is 6.04 Å². The van der Waals surface area contributed by atoms with Gasteiger partial charge in [-0.25, -0.2) is 9.98 Å². The van der Waals surface area contributed by atoms with E-state index in [2.05, 4.69) is 37.9 Å². The van der Waals surface area contributed by atoms with Gasteiger partial charge in [-0.05, 0) is 37.1 Å². The lowest BCUT2D eigenvalue weighted by molar-refractivity contribution is 0.156. The number of guanidine groups is 1. The number of furan rings is 1. The van der Waals surface area contributed by atoms with Gasteiger partial charge in [0.25, 0.3) is 0 Å². The van der Waals surface area contributed by atoms with Crippen LogP contribution in [0, 0.1) is 0 Å². The number of rotatable bonds is 2. The molecule has 1 N–H and O–H groups in total. The number of aliphatic imine (C=N–C) groups is 1. The number of imidazole rings is 1. The molecule has 28 heavy (non-hydrogen) atoms. The first-order valence-corrected chi connectivity index (χ1v) is 10.2. The van der Waals surface area contributed by atoms with Crippen LogP contribution in [0.25, 0.3) is 11.0 Å². The molecule has 0 bridgehead atoms. The molecule has 2 aromatic heterocycles. The Morgan fingerprint density at radius 1 is 1.04 bits per heavy atom. The van der Waals surface area contributed by atoms with Crippen LogP contribution < -0.4 is 10.2 Å². The topological polar surface area (TPSA) is 61.8 Å². The molecule has 4 heterocycles. The molecule has 1 saturated carbocycles. The lowest BCUT2D eigenvalue weighted by Crippen LogP contribution is -2.59. The zero-order valence-corrected chi connectivity index (χ0v) is 15.8. The van der Waals surface area contributed by atoms with E-state index in [4.69, 9.17) is 14.4 Å². The fourth-order valence-electron chi connectivity index (χ4n) is 4.80. The SMILES string of the molecule is c1coc([C@H]2NC3=NCN(C4CCCCC4)CN3c3nc4ccccc4n32)c1. The van der Waals surface area contributed by atoms with Gasteiger partial charge in [0.05, 0.1) is 30.6 Å². The summed E-state index contributed by atoms with van der Waals surface area (Å²) in [6.45, 7) is 1.57. The minimum absolute atomic E-state index is 0.145. The molecule has 1 aliphatic carbocycles. The maximum Gasteiger partial charge on any atom is 0.216 e. The van der Waals surface area contributed by atoms with Gasteiger partial charge in [-0.2, -0.15) is 0 Å². The van der Waals surface area contributed by atoms with Crippen LogP contribution in [0.15, 0.2) is 52.1 Å². The zero-order chi connectivity index (χ0) is 18.5. The molecule has 0 unspecified atom stereocenters. The summed E-state index contributed by atoms with van der Waals surface area (Å²) in [7, 11) is 0. The number of nitrogens with zero attached hydrogens (tertiary/aromatic N) is 5. The molecule has 2 aliphatic heterocycles. The van der Waals surface area contributed by atoms with Crippen molar-refractivity contribution >= 4 is 22.9 Å². The minimum Gasteiger partial charge on any atom is -0.465 e. The highest BCUT2D eigenvalue weighted by atomic mass is 16.3. The molecule has 7 heteroatoms. The number of anilines is 1. The largest absolute Gasteiger partial charge is 0.465 e. The van der Waals surface area contributed by atoms with Crippen LogP contribution in [0.4, 0.5) is 5.95 Å². The van der Waals surface area contributed by atoms with Gasteiger partial charge in [-0.3, -0.25) is 14.4 Å². The van der Waals surface area contributed by atoms with Gasteiger partial charge in [-0.15, -0.1) is 0 Å². The van der Waals surface area contributed by atoms with E-state index in [0.29, 0.717) is 6.04 Å². The van der Waals surface area contributed by atoms with Crippen molar-refractivity contribution in [1.82, 2.24) is 19.8 Å². The first-order valence-electron chi connectivity index (χ1n) is 10.2. The summed E-state index contributed by atoms with van der Waals surface area (Å²) in [5.74, 6) is 2.68. The third-order valence-electron chi connectivity index (χ3n) is 6.23. The summed E-state index contributed by atoms with van der Waals surface area (Å²) < 4.78 is 7.98. The molecule has 0 radical (unpaired) electrons. The lowest BCUT2D eigenvalue weighted by atomic mass is 9.94. The van der Waals surface area contributed by atoms with Crippen LogP contribution in [0.5, 0.6) is 0 Å². The van der Waals surface area contributed by atoms with Crippen molar-refractivity contribution in [2.24, 2.45) is 4.99 Å². The van der Waals surface area contributed by atoms with Crippen LogP contribution in [0.1, 0.15) is 44.0 Å². The second kappa shape index (κ2) is 6.38. The first-order chi connectivity index (χ1) is 13.9. The number of benzene rings is 1. The number of aromatic nitrogens is 2. The maximum atomic E-state index is 5.75. The maximum absolute atomic E-state index is 5.75. The van der Waals surface area contributed by atoms with E-state index in [1.165, 1.54) is 32.1 Å². The van der Waals surface area contributed by atoms with E-state index in [9.17, 15) is 0 Å². The highest BCUT2D eigenvalue weighted by Gasteiger charge is 2.38. The number of fused-ring (bicyclic) bond motifs is 5. The number of nitrogens with one attached hydrogen (secondary N) is 1. The summed E-state index contributed by atoms with van der Waals surface area (Å²) in [6.07, 6.45) is 8.15. The van der Waals surface area contributed by atoms with Gasteiger partial charge in [0.15, 0.2) is 6.17 Å². The van der Waals surface area contributed by atoms with E-state index in [1.807, 2.05) is 18.2 Å². The van der Waals surface area contributed by atoms with E-state index in [0.717, 1.165) is 42.0 Å². The van der Waals surface area contributed by atoms with Gasteiger partial charge in [0.1, 0.15) is 5.76 Å². The normalized spacial score (nSPS) is 23.2. The lowest BCUT2D eigenvalue weighted by Gasteiger charge is -2.44. The summed E-state index contributed by atoms with van der Waals surface area (Å²) in [6, 6.07) is 12.8. The molecular weight excluding hydrogens is 352 g/mol. The molecule has 3 aromatic rings. The van der Waals surface area contributed by atoms with Gasteiger partial charge >= 0.3 is 0 Å². The third-order valence-corrected chi connectivity index (χ3v) is 6.23. The van der Waals surface area contributed by atoms with Crippen molar-refractivity contribution in [1.29, 1.82) is 0 Å². The fraction of sp³-hybridized carbons (Fsp3) is 0.429. The minimum atomic E-state index is -0.145. The third kappa shape index (κ3) is 2.46. The van der Waals surface area contributed by atoms with Gasteiger partial charge in [-0.1, -0.05) is 31.4 Å². The van der Waals surface area contributed by atoms with Gasteiger partial charge in [0.2, 0.25) is 11.9 Å². The standard InChI is InChI=1S/C21H24N6O/c1-2-7-15(8-3-1)25-13-22-20-24-19(18-11-6-12-28-18)27-17-10-5-4-9-16(17)23-21(27)26(20)14-25/h4-6,9-12,15,19H,1-3,7-8,13-14H2,(H,22,24)/t19-/m0/s1. The van der Waals surface area contributed by atoms with Crippen LogP contribution in [0.3, 0.4) is 0 Å². The molecule has 0 spiro atoms. The molecular formula is C21H24N6O. The number of hydrogen-bond acceptors (Lipinski definition) is 6. The van der Waals surface area contributed by atoms with Crippen molar-refractivity contribution in [3.8, 4) is 0 Å². The molecule has 7 nitrogen and oxygen atoms in total. The highest BCUT2D eigenvalue weighted by Crippen LogP contribution is 2.35. The van der Waals surface area contributed by atoms with Crippen LogP contribution in [-0.2, 0) is 0 Å². The second-order valence-electron chi connectivity index (χ2n) is 7.91. The van der Waals surface area contributed by atoms with Crippen molar-refractivity contribution in [3.05, 3.63) is 48.4 Å². The molecule has 1 atom stereocenters. The molecule has 6 rings (SSSR count). The van der Waals surface area contributed by atoms with Crippen molar-refractivity contribution in [3.63, 3.8) is 0 Å². The Morgan fingerprint density at radius 3 is 2.79 bits per heavy atom. The molecule has 0 amide bonds. The van der Waals surface area contributed by atoms with Gasteiger partial charge < -0.3 is 9.73 Å². The van der Waals surface area contributed by atoms with Crippen molar-refractivity contribution in [2.75, 3.05) is 18.2 Å². The van der Waals surface area contributed by atoms with Crippen LogP contribution >= 0.6 is 0 Å². The quantitative estimate of drug-likeness (QED) is 0.742. The Bertz CT molecular complexity index is 1020. The Morgan fingerprint density at radius 2 is 1.93 bits per heavy atom. The Labute approximate surface area is 163 Å². The summed E-state index contributed by atoms with van der Waals surface area (Å²) >= 11 is 0. The second-order valence-corrected chi connectivity index (χ2v) is 7.91.